The summed E-state index contributed by atoms with van der Waals surface area (Å²) in [6, 6.07) is 8.95. The van der Waals surface area contributed by atoms with Crippen LogP contribution in [0.3, 0.4) is 0 Å². The van der Waals surface area contributed by atoms with E-state index in [1.54, 1.807) is 0 Å². The highest BCUT2D eigenvalue weighted by Crippen LogP contribution is 2.27. The Morgan fingerprint density at radius 3 is 2.35 bits per heavy atom. The Morgan fingerprint density at radius 1 is 1.18 bits per heavy atom. The molecule has 0 aromatic heterocycles. The monoisotopic (exact) mass is 253 g/mol. The number of nitrogens with two attached hydrogens (primary N) is 1. The third-order valence-corrected chi connectivity index (χ3v) is 3.55. The molecule has 0 unspecified atom stereocenters. The molecule has 0 saturated carbocycles. The Labute approximate surface area is 111 Å². The Bertz CT molecular complexity index is 302. The zero-order chi connectivity index (χ0) is 13.3. The van der Waals surface area contributed by atoms with Gasteiger partial charge >= 0.3 is 0 Å². The maximum Gasteiger partial charge on any atom is 0.00748 e. The normalized spacial score (nSPS) is 10.7. The van der Waals surface area contributed by atoms with E-state index >= 15 is 0 Å². The van der Waals surface area contributed by atoms with Crippen LogP contribution in [0.4, 0.5) is 0 Å². The van der Waals surface area contributed by atoms with Crippen LogP contribution in [0.15, 0.2) is 29.2 Å². The van der Waals surface area contributed by atoms with Gasteiger partial charge in [0.15, 0.2) is 0 Å². The molecular formula is C15H27NS. The first-order valence-corrected chi connectivity index (χ1v) is 7.33. The molecule has 1 aromatic rings. The second-order valence-corrected chi connectivity index (χ2v) is 6.15. The van der Waals surface area contributed by atoms with Crippen molar-refractivity contribution in [2.75, 3.05) is 12.8 Å². The van der Waals surface area contributed by atoms with Crippen molar-refractivity contribution >= 4 is 11.8 Å². The largest absolute Gasteiger partial charge is 0.333 e. The average Bonchev–Trinajstić information content (AvgIpc) is 2.31. The molecule has 0 bridgehead atoms. The molecule has 1 rings (SSSR count). The van der Waals surface area contributed by atoms with E-state index in [-0.39, 0.29) is 5.41 Å². The molecule has 1 nitrogen and oxygen atoms in total. The summed E-state index contributed by atoms with van der Waals surface area (Å²) < 4.78 is 0. The molecular weight excluding hydrogens is 226 g/mol. The van der Waals surface area contributed by atoms with E-state index < -0.39 is 0 Å². The van der Waals surface area contributed by atoms with Gasteiger partial charge in [0.1, 0.15) is 0 Å². The molecule has 17 heavy (non-hydrogen) atoms. The molecule has 1 aromatic carbocycles. The van der Waals surface area contributed by atoms with Gasteiger partial charge in [-0.3, -0.25) is 0 Å². The predicted octanol–water partition coefficient (Wildman–Crippen LogP) is 4.45. The lowest BCUT2D eigenvalue weighted by Crippen LogP contribution is -2.10. The summed E-state index contributed by atoms with van der Waals surface area (Å²) in [5.74, 6) is 1.24. The predicted molar refractivity (Wildman–Crippen MR) is 80.9 cm³/mol. The number of benzene rings is 1. The lowest BCUT2D eigenvalue weighted by atomic mass is 9.87. The minimum absolute atomic E-state index is 0.265. The van der Waals surface area contributed by atoms with Gasteiger partial charge in [-0.05, 0) is 42.3 Å². The summed E-state index contributed by atoms with van der Waals surface area (Å²) in [6.45, 7) is 9.04. The van der Waals surface area contributed by atoms with Crippen molar-refractivity contribution < 1.29 is 0 Å². The smallest absolute Gasteiger partial charge is 0.00748 e. The second kappa shape index (κ2) is 8.60. The van der Waals surface area contributed by atoms with Gasteiger partial charge in [0.05, 0.1) is 0 Å². The molecule has 98 valence electrons. The summed E-state index contributed by atoms with van der Waals surface area (Å²) in [6.07, 6.45) is 2.59. The van der Waals surface area contributed by atoms with Crippen LogP contribution in [-0.4, -0.2) is 12.8 Å². The molecule has 0 aliphatic heterocycles. The van der Waals surface area contributed by atoms with Crippen LogP contribution in [0.2, 0.25) is 0 Å². The fraction of sp³-hybridized carbons (Fsp3) is 0.600. The van der Waals surface area contributed by atoms with Crippen molar-refractivity contribution in [2.24, 2.45) is 5.73 Å². The Kier molecular flexibility index (Phi) is 8.36. The third-order valence-electron chi connectivity index (χ3n) is 2.47. The second-order valence-electron chi connectivity index (χ2n) is 4.98. The van der Waals surface area contributed by atoms with Crippen LogP contribution in [0.5, 0.6) is 0 Å². The van der Waals surface area contributed by atoms with Gasteiger partial charge in [0.2, 0.25) is 0 Å². The van der Waals surface area contributed by atoms with E-state index in [1.165, 1.54) is 36.1 Å². The molecule has 2 heteroatoms. The minimum atomic E-state index is 0.265. The van der Waals surface area contributed by atoms with Crippen molar-refractivity contribution in [2.45, 2.75) is 50.8 Å². The van der Waals surface area contributed by atoms with Crippen molar-refractivity contribution in [3.8, 4) is 0 Å². The van der Waals surface area contributed by atoms with E-state index in [2.05, 4.69) is 57.7 Å². The van der Waals surface area contributed by atoms with E-state index in [9.17, 15) is 0 Å². The van der Waals surface area contributed by atoms with Gasteiger partial charge in [0, 0.05) is 4.90 Å². The summed E-state index contributed by atoms with van der Waals surface area (Å²) in [5, 5.41) is 0. The Balaban J connectivity index is 0.00000121. The van der Waals surface area contributed by atoms with Crippen LogP contribution >= 0.6 is 11.8 Å². The van der Waals surface area contributed by atoms with Gasteiger partial charge in [-0.1, -0.05) is 46.2 Å². The van der Waals surface area contributed by atoms with E-state index in [4.69, 9.17) is 0 Å². The van der Waals surface area contributed by atoms with Crippen molar-refractivity contribution in [1.29, 1.82) is 0 Å². The topological polar surface area (TPSA) is 26.0 Å². The van der Waals surface area contributed by atoms with Gasteiger partial charge in [0.25, 0.3) is 0 Å². The van der Waals surface area contributed by atoms with Crippen LogP contribution in [0, 0.1) is 0 Å². The summed E-state index contributed by atoms with van der Waals surface area (Å²) in [5.41, 5.74) is 6.20. The lowest BCUT2D eigenvalue weighted by Gasteiger charge is -2.19. The van der Waals surface area contributed by atoms with Crippen molar-refractivity contribution in [3.05, 3.63) is 29.8 Å². The van der Waals surface area contributed by atoms with Crippen LogP contribution in [0.25, 0.3) is 0 Å². The van der Waals surface area contributed by atoms with E-state index in [0.29, 0.717) is 0 Å². The first kappa shape index (κ1) is 16.5. The number of unbranched alkanes of at least 4 members (excludes halogenated alkanes) is 1. The van der Waals surface area contributed by atoms with Crippen LogP contribution < -0.4 is 5.73 Å². The summed E-state index contributed by atoms with van der Waals surface area (Å²) in [4.78, 5) is 1.41. The number of rotatable bonds is 4. The molecule has 0 saturated heterocycles. The third kappa shape index (κ3) is 6.75. The van der Waals surface area contributed by atoms with Gasteiger partial charge < -0.3 is 5.73 Å². The molecule has 0 spiro atoms. The molecule has 0 aliphatic carbocycles. The molecule has 0 aliphatic rings. The van der Waals surface area contributed by atoms with E-state index in [1.807, 2.05) is 11.8 Å². The molecule has 2 N–H and O–H groups in total. The molecule has 0 amide bonds. The highest BCUT2D eigenvalue weighted by atomic mass is 32.2. The molecule has 0 atom stereocenters. The highest BCUT2D eigenvalue weighted by Gasteiger charge is 2.13. The maximum atomic E-state index is 4.50. The van der Waals surface area contributed by atoms with Crippen LogP contribution in [-0.2, 0) is 5.41 Å². The van der Waals surface area contributed by atoms with Gasteiger partial charge in [-0.15, -0.1) is 11.8 Å². The quantitative estimate of drug-likeness (QED) is 0.633. The highest BCUT2D eigenvalue weighted by molar-refractivity contribution is 7.99. The van der Waals surface area contributed by atoms with Crippen molar-refractivity contribution in [1.82, 2.24) is 0 Å². The first-order valence-electron chi connectivity index (χ1n) is 6.35. The maximum absolute atomic E-state index is 4.50. The Morgan fingerprint density at radius 2 is 1.82 bits per heavy atom. The standard InChI is InChI=1S/C14H22S.CH5N/c1-5-6-10-15-13-9-7-8-12(11-13)14(2,3)4;1-2/h7-9,11H,5-6,10H2,1-4H3;2H2,1H3. The van der Waals surface area contributed by atoms with Crippen LogP contribution in [0.1, 0.15) is 46.1 Å². The molecule has 0 heterocycles. The zero-order valence-electron chi connectivity index (χ0n) is 11.9. The number of hydrogen-bond donors (Lipinski definition) is 1. The molecule has 0 fully saturated rings. The average molecular weight is 253 g/mol. The summed E-state index contributed by atoms with van der Waals surface area (Å²) in [7, 11) is 1.50. The van der Waals surface area contributed by atoms with Gasteiger partial charge in [-0.25, -0.2) is 0 Å². The minimum Gasteiger partial charge on any atom is -0.333 e. The number of thioether (sulfide) groups is 1. The first-order chi connectivity index (χ1) is 8.04. The Hall–Kier alpha value is -0.470. The summed E-state index contributed by atoms with van der Waals surface area (Å²) >= 11 is 1.98. The van der Waals surface area contributed by atoms with Gasteiger partial charge in [-0.2, -0.15) is 0 Å². The fourth-order valence-electron chi connectivity index (χ4n) is 1.39. The van der Waals surface area contributed by atoms with Crippen molar-refractivity contribution in [3.63, 3.8) is 0 Å². The zero-order valence-corrected chi connectivity index (χ0v) is 12.7. The SMILES string of the molecule is CCCCSc1cccc(C(C)(C)C)c1.CN. The number of hydrogen-bond acceptors (Lipinski definition) is 2. The lowest BCUT2D eigenvalue weighted by molar-refractivity contribution is 0.588. The fourth-order valence-corrected chi connectivity index (χ4v) is 2.44. The van der Waals surface area contributed by atoms with E-state index in [0.717, 1.165) is 0 Å². The molecule has 0 radical (unpaired) electrons.